The molecule has 0 unspecified atom stereocenters. The topological polar surface area (TPSA) is 81.4 Å². The number of Topliss-reactive ketones (excluding diaryl/α,β-unsaturated/α-hetero) is 1. The van der Waals surface area contributed by atoms with Gasteiger partial charge in [0.25, 0.3) is 0 Å². The molecular formula is C25H21ClF2O5S. The van der Waals surface area contributed by atoms with Gasteiger partial charge in [0, 0.05) is 17.0 Å². The first-order chi connectivity index (χ1) is 16.2. The van der Waals surface area contributed by atoms with E-state index in [9.17, 15) is 26.8 Å². The van der Waals surface area contributed by atoms with Crippen LogP contribution in [-0.2, 0) is 14.6 Å². The molecule has 1 aliphatic carbocycles. The monoisotopic (exact) mass is 506 g/mol. The number of carbonyl (C=O) groups is 2. The van der Waals surface area contributed by atoms with Gasteiger partial charge in [0.15, 0.2) is 33.4 Å². The Kier molecular flexibility index (Phi) is 6.73. The predicted molar refractivity (Wildman–Crippen MR) is 122 cm³/mol. The fourth-order valence-electron chi connectivity index (χ4n) is 4.65. The number of rotatable bonds is 7. The number of ketones is 1. The molecule has 5 nitrogen and oxygen atoms in total. The standard InChI is InChI=1S/C25H21ClF2O5S/c26-17-1-5-20(6-2-17)34(31,32)25(21-14-18(27)3-7-22(21)28)11-9-16(10-12-25)13-23(30)24-8-4-19(15-29)33-24/h1-8,14-16H,9-13H2. The van der Waals surface area contributed by atoms with Crippen LogP contribution in [0.15, 0.2) is 63.9 Å². The summed E-state index contributed by atoms with van der Waals surface area (Å²) >= 11 is 5.91. The molecule has 9 heteroatoms. The number of carbonyl (C=O) groups excluding carboxylic acids is 2. The van der Waals surface area contributed by atoms with Gasteiger partial charge in [-0.05, 0) is 86.2 Å². The van der Waals surface area contributed by atoms with E-state index in [1.54, 1.807) is 0 Å². The fraction of sp³-hybridized carbons (Fsp3) is 0.280. The third-order valence-electron chi connectivity index (χ3n) is 6.46. The molecule has 1 aliphatic rings. The van der Waals surface area contributed by atoms with Gasteiger partial charge in [0.05, 0.1) is 4.90 Å². The lowest BCUT2D eigenvalue weighted by Gasteiger charge is -2.40. The van der Waals surface area contributed by atoms with Crippen molar-refractivity contribution in [3.8, 4) is 0 Å². The van der Waals surface area contributed by atoms with Crippen LogP contribution >= 0.6 is 11.6 Å². The second kappa shape index (κ2) is 9.43. The van der Waals surface area contributed by atoms with Crippen molar-refractivity contribution in [1.82, 2.24) is 0 Å². The molecule has 34 heavy (non-hydrogen) atoms. The second-order valence-electron chi connectivity index (χ2n) is 8.47. The van der Waals surface area contributed by atoms with E-state index in [0.717, 1.165) is 18.2 Å². The summed E-state index contributed by atoms with van der Waals surface area (Å²) in [5.41, 5.74) is -0.214. The Hall–Kier alpha value is -2.84. The zero-order valence-corrected chi connectivity index (χ0v) is 19.5. The molecule has 1 fully saturated rings. The molecule has 4 rings (SSSR count). The van der Waals surface area contributed by atoms with Crippen LogP contribution in [0.4, 0.5) is 8.78 Å². The lowest BCUT2D eigenvalue weighted by atomic mass is 9.76. The van der Waals surface area contributed by atoms with Gasteiger partial charge < -0.3 is 4.42 Å². The van der Waals surface area contributed by atoms with Crippen LogP contribution in [0.2, 0.25) is 5.02 Å². The Morgan fingerprint density at radius 1 is 1.06 bits per heavy atom. The van der Waals surface area contributed by atoms with E-state index in [1.165, 1.54) is 36.4 Å². The molecule has 1 saturated carbocycles. The number of aldehydes is 1. The maximum Gasteiger partial charge on any atom is 0.198 e. The highest BCUT2D eigenvalue weighted by atomic mass is 35.5. The molecule has 1 heterocycles. The van der Waals surface area contributed by atoms with E-state index >= 15 is 0 Å². The maximum atomic E-state index is 14.9. The SMILES string of the molecule is O=Cc1ccc(C(=O)CC2CCC(c3cc(F)ccc3F)(S(=O)(=O)c3ccc(Cl)cc3)CC2)o1. The van der Waals surface area contributed by atoms with Crippen LogP contribution in [0.3, 0.4) is 0 Å². The molecule has 0 atom stereocenters. The highest BCUT2D eigenvalue weighted by Crippen LogP contribution is 2.50. The van der Waals surface area contributed by atoms with Crippen LogP contribution in [-0.4, -0.2) is 20.5 Å². The number of hydrogen-bond donors (Lipinski definition) is 0. The first-order valence-corrected chi connectivity index (χ1v) is 12.6. The van der Waals surface area contributed by atoms with Crippen molar-refractivity contribution in [1.29, 1.82) is 0 Å². The summed E-state index contributed by atoms with van der Waals surface area (Å²) in [4.78, 5) is 23.3. The molecule has 0 aliphatic heterocycles. The van der Waals surface area contributed by atoms with Crippen LogP contribution in [0, 0.1) is 17.6 Å². The van der Waals surface area contributed by atoms with E-state index in [1.807, 2.05) is 0 Å². The van der Waals surface area contributed by atoms with Crippen molar-refractivity contribution in [3.05, 3.63) is 88.3 Å². The van der Waals surface area contributed by atoms with Gasteiger partial charge in [0.2, 0.25) is 0 Å². The number of halogens is 3. The molecule has 0 N–H and O–H groups in total. The maximum absolute atomic E-state index is 14.9. The van der Waals surface area contributed by atoms with Crippen molar-refractivity contribution < 1.29 is 31.2 Å². The van der Waals surface area contributed by atoms with Crippen molar-refractivity contribution in [2.24, 2.45) is 5.92 Å². The van der Waals surface area contributed by atoms with Gasteiger partial charge in [-0.25, -0.2) is 17.2 Å². The molecule has 0 bridgehead atoms. The lowest BCUT2D eigenvalue weighted by Crippen LogP contribution is -2.41. The Labute approximate surface area is 200 Å². The first kappa shape index (κ1) is 24.3. The van der Waals surface area contributed by atoms with Gasteiger partial charge >= 0.3 is 0 Å². The minimum Gasteiger partial charge on any atom is -0.450 e. The third kappa shape index (κ3) is 4.44. The largest absolute Gasteiger partial charge is 0.450 e. The molecule has 0 saturated heterocycles. The van der Waals surface area contributed by atoms with Crippen molar-refractivity contribution >= 4 is 33.5 Å². The Bertz CT molecular complexity index is 1320. The summed E-state index contributed by atoms with van der Waals surface area (Å²) < 4.78 is 60.2. The van der Waals surface area contributed by atoms with E-state index < -0.39 is 26.2 Å². The van der Waals surface area contributed by atoms with Gasteiger partial charge in [-0.15, -0.1) is 0 Å². The zero-order valence-electron chi connectivity index (χ0n) is 18.0. The molecule has 3 aromatic rings. The Morgan fingerprint density at radius 2 is 1.74 bits per heavy atom. The van der Waals surface area contributed by atoms with E-state index in [2.05, 4.69) is 0 Å². The van der Waals surface area contributed by atoms with E-state index in [-0.39, 0.29) is 52.9 Å². The first-order valence-electron chi connectivity index (χ1n) is 10.7. The number of sulfone groups is 1. The highest BCUT2D eigenvalue weighted by molar-refractivity contribution is 7.92. The van der Waals surface area contributed by atoms with Gasteiger partial charge in [-0.1, -0.05) is 11.6 Å². The molecule has 0 radical (unpaired) electrons. The van der Waals surface area contributed by atoms with Crippen LogP contribution in [0.25, 0.3) is 0 Å². The predicted octanol–water partition coefficient (Wildman–Crippen LogP) is 6.16. The zero-order chi connectivity index (χ0) is 24.5. The third-order valence-corrected chi connectivity index (χ3v) is 9.26. The summed E-state index contributed by atoms with van der Waals surface area (Å²) in [6.07, 6.45) is 1.21. The fourth-order valence-corrected chi connectivity index (χ4v) is 6.94. The highest BCUT2D eigenvalue weighted by Gasteiger charge is 2.50. The number of furan rings is 1. The Balaban J connectivity index is 1.66. The minimum atomic E-state index is -4.14. The molecule has 0 amide bonds. The number of benzene rings is 2. The average Bonchev–Trinajstić information content (AvgIpc) is 3.31. The van der Waals surface area contributed by atoms with Crippen molar-refractivity contribution in [2.45, 2.75) is 41.7 Å². The molecule has 0 spiro atoms. The summed E-state index contributed by atoms with van der Waals surface area (Å²) in [6.45, 7) is 0. The summed E-state index contributed by atoms with van der Waals surface area (Å²) in [7, 11) is -4.14. The summed E-state index contributed by atoms with van der Waals surface area (Å²) in [6, 6.07) is 11.2. The van der Waals surface area contributed by atoms with Crippen LogP contribution in [0.1, 0.15) is 58.8 Å². The number of hydrogen-bond acceptors (Lipinski definition) is 5. The smallest absolute Gasteiger partial charge is 0.198 e. The molecule has 1 aromatic heterocycles. The van der Waals surface area contributed by atoms with Gasteiger partial charge in [-0.2, -0.15) is 0 Å². The van der Waals surface area contributed by atoms with Crippen LogP contribution in [0.5, 0.6) is 0 Å². The molecule has 178 valence electrons. The Morgan fingerprint density at radius 3 is 2.35 bits per heavy atom. The average molecular weight is 507 g/mol. The normalized spacial score (nSPS) is 20.7. The van der Waals surface area contributed by atoms with Crippen LogP contribution < -0.4 is 0 Å². The van der Waals surface area contributed by atoms with Crippen molar-refractivity contribution in [2.75, 3.05) is 0 Å². The lowest BCUT2D eigenvalue weighted by molar-refractivity contribution is 0.0915. The van der Waals surface area contributed by atoms with Gasteiger partial charge in [0.1, 0.15) is 16.4 Å². The van der Waals surface area contributed by atoms with E-state index in [4.69, 9.17) is 16.0 Å². The summed E-state index contributed by atoms with van der Waals surface area (Å²) in [5.74, 6) is -1.91. The quantitative estimate of drug-likeness (QED) is 0.283. The van der Waals surface area contributed by atoms with Gasteiger partial charge in [-0.3, -0.25) is 9.59 Å². The minimum absolute atomic E-state index is 0.00796. The summed E-state index contributed by atoms with van der Waals surface area (Å²) in [5, 5.41) is 0.350. The molecular weight excluding hydrogens is 486 g/mol. The second-order valence-corrected chi connectivity index (χ2v) is 11.2. The van der Waals surface area contributed by atoms with E-state index in [0.29, 0.717) is 24.2 Å². The van der Waals surface area contributed by atoms with Crippen molar-refractivity contribution in [3.63, 3.8) is 0 Å². The molecule has 2 aromatic carbocycles.